The number of carbonyl (C=O) groups is 3. The zero-order chi connectivity index (χ0) is 17.4. The van der Waals surface area contributed by atoms with Crippen molar-refractivity contribution in [3.05, 3.63) is 29.8 Å². The molecule has 0 unspecified atom stereocenters. The number of hydrogen-bond donors (Lipinski definition) is 4. The molecule has 1 aliphatic rings. The number of carboxylic acid groups (broad SMARTS) is 1. The van der Waals surface area contributed by atoms with Crippen LogP contribution in [-0.2, 0) is 4.79 Å². The van der Waals surface area contributed by atoms with Crippen LogP contribution in [0.25, 0.3) is 0 Å². The third kappa shape index (κ3) is 5.91. The highest BCUT2D eigenvalue weighted by molar-refractivity contribution is 5.95. The summed E-state index contributed by atoms with van der Waals surface area (Å²) in [5.74, 6) is -0.977. The molecule has 0 spiro atoms. The molecule has 1 saturated carbocycles. The van der Waals surface area contributed by atoms with Gasteiger partial charge in [0.05, 0.1) is 0 Å². The zero-order valence-corrected chi connectivity index (χ0v) is 13.5. The van der Waals surface area contributed by atoms with Crippen LogP contribution in [0.4, 0.5) is 10.5 Å². The van der Waals surface area contributed by atoms with Gasteiger partial charge in [-0.15, -0.1) is 0 Å². The van der Waals surface area contributed by atoms with Crippen LogP contribution in [0.3, 0.4) is 0 Å². The van der Waals surface area contributed by atoms with Crippen molar-refractivity contribution in [3.8, 4) is 0 Å². The number of hydrogen-bond acceptors (Lipinski definition) is 3. The van der Waals surface area contributed by atoms with E-state index in [0.29, 0.717) is 24.2 Å². The van der Waals surface area contributed by atoms with E-state index in [1.165, 1.54) is 0 Å². The molecular formula is C17H23N3O4. The number of aliphatic carboxylic acids is 1. The molecule has 7 nitrogen and oxygen atoms in total. The van der Waals surface area contributed by atoms with Crippen LogP contribution in [0.5, 0.6) is 0 Å². The van der Waals surface area contributed by atoms with Gasteiger partial charge < -0.3 is 21.1 Å². The first-order valence-corrected chi connectivity index (χ1v) is 8.22. The number of carboxylic acids is 1. The van der Waals surface area contributed by atoms with Crippen LogP contribution in [0.15, 0.2) is 24.3 Å². The summed E-state index contributed by atoms with van der Waals surface area (Å²) in [6.45, 7) is 0.292. The average Bonchev–Trinajstić information content (AvgIpc) is 3.05. The monoisotopic (exact) mass is 333 g/mol. The molecule has 1 aromatic carbocycles. The Kier molecular flexibility index (Phi) is 6.60. The SMILES string of the molecule is O=C(O)CCCNC(=O)Nc1ccc(C(=O)NC2CCCC2)cc1. The van der Waals surface area contributed by atoms with Crippen molar-refractivity contribution in [2.45, 2.75) is 44.6 Å². The zero-order valence-electron chi connectivity index (χ0n) is 13.5. The maximum Gasteiger partial charge on any atom is 0.319 e. The molecule has 1 fully saturated rings. The van der Waals surface area contributed by atoms with Crippen molar-refractivity contribution in [2.24, 2.45) is 0 Å². The smallest absolute Gasteiger partial charge is 0.319 e. The van der Waals surface area contributed by atoms with Gasteiger partial charge in [0.25, 0.3) is 5.91 Å². The quantitative estimate of drug-likeness (QED) is 0.574. The number of benzene rings is 1. The van der Waals surface area contributed by atoms with E-state index in [9.17, 15) is 14.4 Å². The van der Waals surface area contributed by atoms with Crippen molar-refractivity contribution >= 4 is 23.6 Å². The van der Waals surface area contributed by atoms with E-state index in [1.807, 2.05) is 0 Å². The van der Waals surface area contributed by atoms with Crippen LogP contribution in [0.2, 0.25) is 0 Å². The number of carbonyl (C=O) groups excluding carboxylic acids is 2. The summed E-state index contributed by atoms with van der Waals surface area (Å²) in [5, 5.41) is 16.7. The first-order chi connectivity index (χ1) is 11.5. The number of amides is 3. The molecule has 0 atom stereocenters. The average molecular weight is 333 g/mol. The van der Waals surface area contributed by atoms with E-state index in [1.54, 1.807) is 24.3 Å². The lowest BCUT2D eigenvalue weighted by molar-refractivity contribution is -0.137. The Hall–Kier alpha value is -2.57. The number of anilines is 1. The molecular weight excluding hydrogens is 310 g/mol. The van der Waals surface area contributed by atoms with Gasteiger partial charge in [-0.05, 0) is 43.5 Å². The lowest BCUT2D eigenvalue weighted by atomic mass is 10.1. The minimum absolute atomic E-state index is 0.0189. The van der Waals surface area contributed by atoms with Crippen molar-refractivity contribution < 1.29 is 19.5 Å². The molecule has 1 aromatic rings. The largest absolute Gasteiger partial charge is 0.481 e. The minimum atomic E-state index is -0.885. The maximum absolute atomic E-state index is 12.1. The molecule has 2 rings (SSSR count). The number of urea groups is 1. The molecule has 4 N–H and O–H groups in total. The molecule has 0 bridgehead atoms. The standard InChI is InChI=1S/C17H23N3O4/c21-15(22)6-3-11-18-17(24)20-14-9-7-12(8-10-14)16(23)19-13-4-1-2-5-13/h7-10,13H,1-6,11H2,(H,19,23)(H,21,22)(H2,18,20,24). The Morgan fingerprint density at radius 2 is 1.75 bits per heavy atom. The summed E-state index contributed by atoms with van der Waals surface area (Å²) in [5.41, 5.74) is 1.14. The van der Waals surface area contributed by atoms with Crippen LogP contribution in [0.1, 0.15) is 48.9 Å². The van der Waals surface area contributed by atoms with Crippen molar-refractivity contribution in [1.82, 2.24) is 10.6 Å². The Morgan fingerprint density at radius 1 is 1.08 bits per heavy atom. The Balaban J connectivity index is 1.75. The van der Waals surface area contributed by atoms with E-state index in [4.69, 9.17) is 5.11 Å². The van der Waals surface area contributed by atoms with E-state index in [0.717, 1.165) is 25.7 Å². The Bertz CT molecular complexity index is 580. The second-order valence-corrected chi connectivity index (χ2v) is 5.91. The summed E-state index contributed by atoms with van der Waals surface area (Å²) in [7, 11) is 0. The number of rotatable bonds is 7. The van der Waals surface area contributed by atoms with Gasteiger partial charge in [-0.2, -0.15) is 0 Å². The summed E-state index contributed by atoms with van der Waals surface area (Å²) >= 11 is 0. The predicted octanol–water partition coefficient (Wildman–Crippen LogP) is 2.35. The molecule has 1 aliphatic carbocycles. The molecule has 3 amide bonds. The first kappa shape index (κ1) is 17.8. The molecule has 7 heteroatoms. The molecule has 0 saturated heterocycles. The summed E-state index contributed by atoms with van der Waals surface area (Å²) in [6, 6.07) is 6.55. The highest BCUT2D eigenvalue weighted by Gasteiger charge is 2.17. The Labute approximate surface area is 140 Å². The maximum atomic E-state index is 12.1. The number of nitrogens with one attached hydrogen (secondary N) is 3. The molecule has 0 aromatic heterocycles. The summed E-state index contributed by atoms with van der Waals surface area (Å²) < 4.78 is 0. The highest BCUT2D eigenvalue weighted by Crippen LogP contribution is 2.18. The van der Waals surface area contributed by atoms with E-state index in [2.05, 4.69) is 16.0 Å². The predicted molar refractivity (Wildman–Crippen MR) is 90.1 cm³/mol. The van der Waals surface area contributed by atoms with Crippen LogP contribution >= 0.6 is 0 Å². The molecule has 24 heavy (non-hydrogen) atoms. The molecule has 0 radical (unpaired) electrons. The van der Waals surface area contributed by atoms with Gasteiger partial charge in [0, 0.05) is 30.3 Å². The van der Waals surface area contributed by atoms with E-state index >= 15 is 0 Å². The second kappa shape index (κ2) is 8.90. The van der Waals surface area contributed by atoms with Gasteiger partial charge in [-0.3, -0.25) is 9.59 Å². The van der Waals surface area contributed by atoms with E-state index < -0.39 is 12.0 Å². The van der Waals surface area contributed by atoms with Crippen LogP contribution in [0, 0.1) is 0 Å². The molecule has 0 aliphatic heterocycles. The first-order valence-electron chi connectivity index (χ1n) is 8.22. The lowest BCUT2D eigenvalue weighted by Gasteiger charge is -2.12. The lowest BCUT2D eigenvalue weighted by Crippen LogP contribution is -2.32. The fraction of sp³-hybridized carbons (Fsp3) is 0.471. The van der Waals surface area contributed by atoms with Crippen molar-refractivity contribution in [3.63, 3.8) is 0 Å². The third-order valence-corrected chi connectivity index (χ3v) is 3.95. The second-order valence-electron chi connectivity index (χ2n) is 5.91. The van der Waals surface area contributed by atoms with E-state index in [-0.39, 0.29) is 18.4 Å². The van der Waals surface area contributed by atoms with Gasteiger partial charge in [-0.25, -0.2) is 4.79 Å². The van der Waals surface area contributed by atoms with Gasteiger partial charge in [-0.1, -0.05) is 12.8 Å². The normalized spacial score (nSPS) is 14.2. The fourth-order valence-electron chi connectivity index (χ4n) is 2.66. The topological polar surface area (TPSA) is 108 Å². The van der Waals surface area contributed by atoms with Crippen LogP contribution < -0.4 is 16.0 Å². The Morgan fingerprint density at radius 3 is 2.38 bits per heavy atom. The molecule has 0 heterocycles. The van der Waals surface area contributed by atoms with Gasteiger partial charge in [0.15, 0.2) is 0 Å². The van der Waals surface area contributed by atoms with Gasteiger partial charge >= 0.3 is 12.0 Å². The minimum Gasteiger partial charge on any atom is -0.481 e. The summed E-state index contributed by atoms with van der Waals surface area (Å²) in [6.07, 6.45) is 4.79. The van der Waals surface area contributed by atoms with Gasteiger partial charge in [0.2, 0.25) is 0 Å². The highest BCUT2D eigenvalue weighted by atomic mass is 16.4. The molecule has 130 valence electrons. The van der Waals surface area contributed by atoms with Gasteiger partial charge in [0.1, 0.15) is 0 Å². The fourth-order valence-corrected chi connectivity index (χ4v) is 2.66. The van der Waals surface area contributed by atoms with Crippen molar-refractivity contribution in [2.75, 3.05) is 11.9 Å². The van der Waals surface area contributed by atoms with Crippen molar-refractivity contribution in [1.29, 1.82) is 0 Å². The summed E-state index contributed by atoms with van der Waals surface area (Å²) in [4.78, 5) is 34.1. The van der Waals surface area contributed by atoms with Crippen LogP contribution in [-0.4, -0.2) is 35.6 Å². The third-order valence-electron chi connectivity index (χ3n) is 3.95.